The number of nitrogens with zero attached hydrogens (tertiary/aromatic N) is 3. The number of allylic oxidation sites excluding steroid dienone is 1. The van der Waals surface area contributed by atoms with Crippen LogP contribution in [0.1, 0.15) is 61.9 Å². The van der Waals surface area contributed by atoms with Gasteiger partial charge < -0.3 is 19.5 Å². The third kappa shape index (κ3) is 7.85. The summed E-state index contributed by atoms with van der Waals surface area (Å²) in [5, 5.41) is 9.39. The van der Waals surface area contributed by atoms with Crippen LogP contribution in [-0.4, -0.2) is 33.9 Å². The fraction of sp³-hybridized carbons (Fsp3) is 0.324. The number of benzene rings is 3. The Morgan fingerprint density at radius 1 is 1.09 bits per heavy atom. The van der Waals surface area contributed by atoms with Crippen molar-refractivity contribution in [1.82, 2.24) is 14.8 Å². The van der Waals surface area contributed by atoms with Crippen LogP contribution in [0.3, 0.4) is 0 Å². The number of nitrogens with one attached hydrogen (secondary N) is 1. The summed E-state index contributed by atoms with van der Waals surface area (Å²) in [5.41, 5.74) is 5.09. The van der Waals surface area contributed by atoms with E-state index in [-0.39, 0.29) is 0 Å². The lowest BCUT2D eigenvalue weighted by Gasteiger charge is -2.29. The molecular formula is C34H36BrClN4O4S. The van der Waals surface area contributed by atoms with E-state index < -0.39 is 12.0 Å². The van der Waals surface area contributed by atoms with Crippen molar-refractivity contribution in [3.05, 3.63) is 104 Å². The topological polar surface area (TPSA) is 87.5 Å². The molecule has 1 aliphatic heterocycles. The summed E-state index contributed by atoms with van der Waals surface area (Å²) in [7, 11) is 0. The van der Waals surface area contributed by atoms with Gasteiger partial charge in [0.15, 0.2) is 11.5 Å². The predicted octanol–water partition coefficient (Wildman–Crippen LogP) is 8.90. The van der Waals surface area contributed by atoms with Gasteiger partial charge in [-0.15, -0.1) is 5.10 Å². The van der Waals surface area contributed by atoms with E-state index in [1.807, 2.05) is 62.4 Å². The van der Waals surface area contributed by atoms with Crippen molar-refractivity contribution in [2.75, 3.05) is 18.5 Å². The van der Waals surface area contributed by atoms with Crippen molar-refractivity contribution in [3.8, 4) is 11.5 Å². The average molecular weight is 712 g/mol. The molecule has 0 spiro atoms. The molecule has 0 amide bonds. The Balaban J connectivity index is 1.52. The normalized spacial score (nSPS) is 14.1. The molecule has 1 N–H and O–H groups in total. The van der Waals surface area contributed by atoms with Crippen LogP contribution in [0.25, 0.3) is 0 Å². The summed E-state index contributed by atoms with van der Waals surface area (Å²) in [4.78, 5) is 18.4. The number of esters is 1. The summed E-state index contributed by atoms with van der Waals surface area (Å²) in [5.74, 6) is 1.85. The minimum Gasteiger partial charge on any atom is -0.490 e. The highest BCUT2D eigenvalue weighted by Crippen LogP contribution is 2.44. The van der Waals surface area contributed by atoms with Gasteiger partial charge in [-0.3, -0.25) is 0 Å². The molecule has 0 saturated heterocycles. The number of unbranched alkanes of at least 4 members (excludes halogenated alkanes) is 1. The number of rotatable bonds is 13. The first kappa shape index (κ1) is 32.9. The number of thioether (sulfide) groups is 1. The lowest BCUT2D eigenvalue weighted by Crippen LogP contribution is -2.30. The number of carbonyl (C=O) groups excluding carboxylic acids is 1. The smallest absolute Gasteiger partial charge is 0.338 e. The molecule has 0 fully saturated rings. The molecule has 0 radical (unpaired) electrons. The number of fused-ring (bicyclic) bond motifs is 1. The van der Waals surface area contributed by atoms with E-state index >= 15 is 0 Å². The molecule has 8 nitrogen and oxygen atoms in total. The highest BCUT2D eigenvalue weighted by Gasteiger charge is 2.36. The van der Waals surface area contributed by atoms with Crippen LogP contribution in [0, 0.1) is 6.92 Å². The quantitative estimate of drug-likeness (QED) is 0.0836. The molecule has 1 aliphatic rings. The maximum absolute atomic E-state index is 13.6. The Hall–Kier alpha value is -3.47. The molecule has 11 heteroatoms. The highest BCUT2D eigenvalue weighted by molar-refractivity contribution is 9.10. The number of hydrogen-bond acceptors (Lipinski definition) is 8. The van der Waals surface area contributed by atoms with Crippen LogP contribution in [0.2, 0.25) is 5.02 Å². The Morgan fingerprint density at radius 3 is 2.60 bits per heavy atom. The minimum absolute atomic E-state index is 0.335. The van der Waals surface area contributed by atoms with Gasteiger partial charge >= 0.3 is 5.97 Å². The average Bonchev–Trinajstić information content (AvgIpc) is 3.42. The molecule has 0 saturated carbocycles. The fourth-order valence-electron chi connectivity index (χ4n) is 4.90. The molecule has 3 aromatic carbocycles. The van der Waals surface area contributed by atoms with Crippen LogP contribution >= 0.6 is 39.3 Å². The molecule has 2 heterocycles. The molecule has 4 aromatic rings. The summed E-state index contributed by atoms with van der Waals surface area (Å²) in [6, 6.07) is 19.1. The van der Waals surface area contributed by atoms with Crippen LogP contribution < -0.4 is 14.8 Å². The Kier molecular flexibility index (Phi) is 11.1. The third-order valence-corrected chi connectivity index (χ3v) is 9.09. The third-order valence-electron chi connectivity index (χ3n) is 7.25. The van der Waals surface area contributed by atoms with Gasteiger partial charge in [0.05, 0.1) is 23.3 Å². The SMILES string of the molecule is CCCCOC(=O)C1=C(C)Nc2nc(SCc3ccccc3Cl)nn2C1c1cc(Br)c(OCc2ccc(C)cc2)c(OCC)c1. The second-order valence-electron chi connectivity index (χ2n) is 10.6. The van der Waals surface area contributed by atoms with Crippen molar-refractivity contribution >= 4 is 51.2 Å². The molecule has 236 valence electrons. The Morgan fingerprint density at radius 2 is 1.87 bits per heavy atom. The van der Waals surface area contributed by atoms with E-state index in [4.69, 9.17) is 35.9 Å². The maximum atomic E-state index is 13.6. The van der Waals surface area contributed by atoms with Crippen LogP contribution in [0.15, 0.2) is 81.6 Å². The first-order valence-corrected chi connectivity index (χ1v) is 17.1. The number of anilines is 1. The van der Waals surface area contributed by atoms with Crippen molar-refractivity contribution in [2.45, 2.75) is 64.1 Å². The molecule has 5 rings (SSSR count). The van der Waals surface area contributed by atoms with Gasteiger partial charge in [-0.05, 0) is 78.0 Å². The van der Waals surface area contributed by atoms with E-state index in [1.54, 1.807) is 4.68 Å². The van der Waals surface area contributed by atoms with Gasteiger partial charge in [0.1, 0.15) is 12.6 Å². The second-order valence-corrected chi connectivity index (χ2v) is 12.8. The molecule has 0 bridgehead atoms. The fourth-order valence-corrected chi connectivity index (χ4v) is 6.59. The number of aromatic nitrogens is 3. The first-order chi connectivity index (χ1) is 21.8. The van der Waals surface area contributed by atoms with Crippen molar-refractivity contribution in [1.29, 1.82) is 0 Å². The second kappa shape index (κ2) is 15.2. The van der Waals surface area contributed by atoms with Crippen molar-refractivity contribution in [3.63, 3.8) is 0 Å². The summed E-state index contributed by atoms with van der Waals surface area (Å²) < 4.78 is 20.5. The van der Waals surface area contributed by atoms with E-state index in [1.165, 1.54) is 17.3 Å². The summed E-state index contributed by atoms with van der Waals surface area (Å²) in [6.07, 6.45) is 1.70. The number of halogens is 2. The molecule has 0 aliphatic carbocycles. The van der Waals surface area contributed by atoms with E-state index in [0.29, 0.717) is 68.9 Å². The summed E-state index contributed by atoms with van der Waals surface area (Å²) in [6.45, 7) is 9.03. The van der Waals surface area contributed by atoms with Gasteiger partial charge in [-0.2, -0.15) is 4.98 Å². The van der Waals surface area contributed by atoms with Crippen molar-refractivity contribution in [2.24, 2.45) is 0 Å². The van der Waals surface area contributed by atoms with E-state index in [2.05, 4.69) is 47.2 Å². The van der Waals surface area contributed by atoms with Crippen molar-refractivity contribution < 1.29 is 19.0 Å². The zero-order chi connectivity index (χ0) is 31.9. The van der Waals surface area contributed by atoms with Gasteiger partial charge in [0.2, 0.25) is 11.1 Å². The number of carbonyl (C=O) groups is 1. The lowest BCUT2D eigenvalue weighted by atomic mass is 9.95. The van der Waals surface area contributed by atoms with Gasteiger partial charge in [0.25, 0.3) is 0 Å². The number of aryl methyl sites for hydroxylation is 1. The van der Waals surface area contributed by atoms with E-state index in [9.17, 15) is 4.79 Å². The lowest BCUT2D eigenvalue weighted by molar-refractivity contribution is -0.139. The van der Waals surface area contributed by atoms with Crippen LogP contribution in [-0.2, 0) is 21.9 Å². The summed E-state index contributed by atoms with van der Waals surface area (Å²) >= 11 is 11.6. The Bertz CT molecular complexity index is 1690. The standard InChI is InChI=1S/C34H36BrClN4O4S/c1-5-7-16-43-32(41)29-22(4)37-33-38-34(45-20-24-10-8-9-11-27(24)36)39-40(33)30(29)25-17-26(35)31(28(18-25)42-6-2)44-19-23-14-12-21(3)13-15-23/h8-15,17-18,30H,5-7,16,19-20H2,1-4H3,(H,37,38,39). The number of ether oxygens (including phenoxy) is 3. The largest absolute Gasteiger partial charge is 0.490 e. The van der Waals surface area contributed by atoms with Gasteiger partial charge in [-0.1, -0.05) is 84.7 Å². The molecule has 1 aromatic heterocycles. The van der Waals surface area contributed by atoms with Gasteiger partial charge in [0, 0.05) is 16.5 Å². The minimum atomic E-state index is -0.626. The monoisotopic (exact) mass is 710 g/mol. The van der Waals surface area contributed by atoms with Crippen LogP contribution in [0.4, 0.5) is 5.95 Å². The van der Waals surface area contributed by atoms with E-state index in [0.717, 1.165) is 29.5 Å². The number of hydrogen-bond donors (Lipinski definition) is 1. The Labute approximate surface area is 281 Å². The maximum Gasteiger partial charge on any atom is 0.338 e. The molecule has 1 unspecified atom stereocenters. The van der Waals surface area contributed by atoms with Gasteiger partial charge in [-0.25, -0.2) is 9.48 Å². The molecule has 45 heavy (non-hydrogen) atoms. The molecular weight excluding hydrogens is 676 g/mol. The first-order valence-electron chi connectivity index (χ1n) is 14.9. The predicted molar refractivity (Wildman–Crippen MR) is 182 cm³/mol. The zero-order valence-corrected chi connectivity index (χ0v) is 28.9. The zero-order valence-electron chi connectivity index (χ0n) is 25.7. The highest BCUT2D eigenvalue weighted by atomic mass is 79.9. The molecule has 1 atom stereocenters. The van der Waals surface area contributed by atoms with Crippen LogP contribution in [0.5, 0.6) is 11.5 Å².